The fourth-order valence-electron chi connectivity index (χ4n) is 4.31. The van der Waals surface area contributed by atoms with Crippen LogP contribution in [0.2, 0.25) is 0 Å². The number of carboxylic acid groups (broad SMARTS) is 1. The highest BCUT2D eigenvalue weighted by Crippen LogP contribution is 2.44. The van der Waals surface area contributed by atoms with Gasteiger partial charge in [0.1, 0.15) is 12.6 Å². The Hall–Kier alpha value is -4.20. The van der Waals surface area contributed by atoms with E-state index in [4.69, 9.17) is 9.84 Å². The third kappa shape index (κ3) is 4.87. The van der Waals surface area contributed by atoms with Gasteiger partial charge in [0.05, 0.1) is 11.3 Å². The second kappa shape index (κ2) is 9.97. The fraction of sp³-hybridized carbons (Fsp3) is 0.222. The van der Waals surface area contributed by atoms with Gasteiger partial charge in [-0.2, -0.15) is 0 Å². The summed E-state index contributed by atoms with van der Waals surface area (Å²) in [6.45, 7) is 3.53. The van der Waals surface area contributed by atoms with Crippen LogP contribution in [0.15, 0.2) is 66.7 Å². The number of carboxylic acids is 1. The van der Waals surface area contributed by atoms with Gasteiger partial charge in [-0.15, -0.1) is 0 Å². The number of aromatic carboxylic acids is 1. The van der Waals surface area contributed by atoms with E-state index in [9.17, 15) is 18.8 Å². The van der Waals surface area contributed by atoms with Crippen LogP contribution in [0.5, 0.6) is 0 Å². The standard InChI is InChI=1S/C27H25FN2O5/c1-15(2)24(25(31)29-22-13-7-12-20(23(22)28)26(32)33)30-27(34)35-14-21-18-10-5-3-8-16(18)17-9-4-6-11-19(17)21/h3-13,15,21,24H,14H2,1-2H3,(H,29,31)(H,30,34)(H,32,33)/t24-/m1/s1. The van der Waals surface area contributed by atoms with Gasteiger partial charge in [-0.3, -0.25) is 4.79 Å². The minimum absolute atomic E-state index is 0.0849. The Kier molecular flexibility index (Phi) is 6.82. The largest absolute Gasteiger partial charge is 0.478 e. The summed E-state index contributed by atoms with van der Waals surface area (Å²) >= 11 is 0. The maximum atomic E-state index is 14.4. The molecule has 2 amide bonds. The van der Waals surface area contributed by atoms with Gasteiger partial charge in [-0.25, -0.2) is 14.0 Å². The van der Waals surface area contributed by atoms with E-state index in [1.165, 1.54) is 12.1 Å². The average molecular weight is 477 g/mol. The minimum atomic E-state index is -1.45. The lowest BCUT2D eigenvalue weighted by atomic mass is 9.98. The fourth-order valence-corrected chi connectivity index (χ4v) is 4.31. The van der Waals surface area contributed by atoms with E-state index in [1.807, 2.05) is 48.5 Å². The van der Waals surface area contributed by atoms with Crippen molar-refractivity contribution >= 4 is 23.7 Å². The Labute approximate surface area is 201 Å². The third-order valence-corrected chi connectivity index (χ3v) is 6.05. The van der Waals surface area contributed by atoms with Gasteiger partial charge in [0.15, 0.2) is 5.82 Å². The van der Waals surface area contributed by atoms with E-state index in [0.717, 1.165) is 28.3 Å². The number of carbonyl (C=O) groups excluding carboxylic acids is 2. The molecule has 3 aromatic carbocycles. The first-order valence-corrected chi connectivity index (χ1v) is 11.2. The van der Waals surface area contributed by atoms with Crippen LogP contribution in [-0.4, -0.2) is 35.7 Å². The molecule has 0 aliphatic heterocycles. The van der Waals surface area contributed by atoms with Crippen molar-refractivity contribution in [1.82, 2.24) is 5.32 Å². The monoisotopic (exact) mass is 476 g/mol. The quantitative estimate of drug-likeness (QED) is 0.444. The first-order valence-electron chi connectivity index (χ1n) is 11.2. The number of anilines is 1. The molecule has 0 spiro atoms. The SMILES string of the molecule is CC(C)[C@@H](NC(=O)OCC1c2ccccc2-c2ccccc21)C(=O)Nc1cccc(C(=O)O)c1F. The number of nitrogens with one attached hydrogen (secondary N) is 2. The number of halogens is 1. The lowest BCUT2D eigenvalue weighted by Gasteiger charge is -2.22. The van der Waals surface area contributed by atoms with Gasteiger partial charge in [0.2, 0.25) is 5.91 Å². The highest BCUT2D eigenvalue weighted by atomic mass is 19.1. The molecule has 0 heterocycles. The molecule has 180 valence electrons. The molecule has 1 atom stereocenters. The molecule has 0 saturated carbocycles. The Morgan fingerprint density at radius 3 is 2.11 bits per heavy atom. The Morgan fingerprint density at radius 2 is 1.54 bits per heavy atom. The van der Waals surface area contributed by atoms with Crippen LogP contribution in [-0.2, 0) is 9.53 Å². The van der Waals surface area contributed by atoms with Gasteiger partial charge in [-0.1, -0.05) is 68.4 Å². The molecule has 0 saturated heterocycles. The Morgan fingerprint density at radius 1 is 0.943 bits per heavy atom. The number of fused-ring (bicyclic) bond motifs is 3. The van der Waals surface area contributed by atoms with E-state index in [-0.39, 0.29) is 24.1 Å². The summed E-state index contributed by atoms with van der Waals surface area (Å²) in [5, 5.41) is 14.0. The van der Waals surface area contributed by atoms with Crippen LogP contribution >= 0.6 is 0 Å². The molecule has 7 nitrogen and oxygen atoms in total. The molecule has 0 bridgehead atoms. The zero-order valence-corrected chi connectivity index (χ0v) is 19.2. The lowest BCUT2D eigenvalue weighted by molar-refractivity contribution is -0.119. The van der Waals surface area contributed by atoms with Crippen molar-refractivity contribution in [3.05, 3.63) is 89.2 Å². The average Bonchev–Trinajstić information content (AvgIpc) is 3.15. The molecule has 4 rings (SSSR count). The summed E-state index contributed by atoms with van der Waals surface area (Å²) in [6, 6.07) is 18.5. The molecule has 1 aliphatic rings. The van der Waals surface area contributed by atoms with E-state index >= 15 is 0 Å². The van der Waals surface area contributed by atoms with Crippen molar-refractivity contribution in [3.8, 4) is 11.1 Å². The van der Waals surface area contributed by atoms with Gasteiger partial charge in [-0.05, 0) is 40.3 Å². The molecule has 0 unspecified atom stereocenters. The number of ether oxygens (including phenoxy) is 1. The van der Waals surface area contributed by atoms with Crippen LogP contribution in [0.4, 0.5) is 14.9 Å². The molecule has 0 radical (unpaired) electrons. The summed E-state index contributed by atoms with van der Waals surface area (Å²) in [4.78, 5) is 36.6. The number of rotatable bonds is 7. The molecular formula is C27H25FN2O5. The maximum Gasteiger partial charge on any atom is 0.407 e. The van der Waals surface area contributed by atoms with Crippen LogP contribution in [0.3, 0.4) is 0 Å². The van der Waals surface area contributed by atoms with Gasteiger partial charge < -0.3 is 20.5 Å². The number of alkyl carbamates (subject to hydrolysis) is 1. The van der Waals surface area contributed by atoms with Gasteiger partial charge in [0, 0.05) is 5.92 Å². The maximum absolute atomic E-state index is 14.4. The molecule has 3 N–H and O–H groups in total. The van der Waals surface area contributed by atoms with Crippen LogP contribution in [0.25, 0.3) is 11.1 Å². The Balaban J connectivity index is 1.44. The number of carbonyl (C=O) groups is 3. The summed E-state index contributed by atoms with van der Waals surface area (Å²) in [6.07, 6.45) is -0.777. The van der Waals surface area contributed by atoms with Gasteiger partial charge >= 0.3 is 12.1 Å². The molecule has 8 heteroatoms. The smallest absolute Gasteiger partial charge is 0.407 e. The molecular weight excluding hydrogens is 451 g/mol. The second-order valence-corrected chi connectivity index (χ2v) is 8.65. The highest BCUT2D eigenvalue weighted by molar-refractivity contribution is 5.98. The summed E-state index contributed by atoms with van der Waals surface area (Å²) in [7, 11) is 0. The predicted molar refractivity (Wildman–Crippen MR) is 129 cm³/mol. The molecule has 1 aliphatic carbocycles. The van der Waals surface area contributed by atoms with Crippen molar-refractivity contribution < 1.29 is 28.6 Å². The molecule has 0 aromatic heterocycles. The predicted octanol–water partition coefficient (Wildman–Crippen LogP) is 5.03. The van der Waals surface area contributed by atoms with Crippen LogP contribution in [0.1, 0.15) is 41.3 Å². The van der Waals surface area contributed by atoms with Gasteiger partial charge in [0.25, 0.3) is 0 Å². The number of hydrogen-bond acceptors (Lipinski definition) is 4. The number of amides is 2. The topological polar surface area (TPSA) is 105 Å². The Bertz CT molecular complexity index is 1240. The van der Waals surface area contributed by atoms with Crippen molar-refractivity contribution in [2.24, 2.45) is 5.92 Å². The van der Waals surface area contributed by atoms with Crippen molar-refractivity contribution in [2.45, 2.75) is 25.8 Å². The normalized spacial score (nSPS) is 13.0. The van der Waals surface area contributed by atoms with E-state index in [1.54, 1.807) is 13.8 Å². The number of hydrogen-bond donors (Lipinski definition) is 3. The molecule has 35 heavy (non-hydrogen) atoms. The van der Waals surface area contributed by atoms with E-state index in [2.05, 4.69) is 10.6 Å². The van der Waals surface area contributed by atoms with Crippen molar-refractivity contribution in [3.63, 3.8) is 0 Å². The second-order valence-electron chi connectivity index (χ2n) is 8.65. The number of benzene rings is 3. The zero-order valence-electron chi connectivity index (χ0n) is 19.2. The van der Waals surface area contributed by atoms with Crippen LogP contribution < -0.4 is 10.6 Å². The van der Waals surface area contributed by atoms with Crippen molar-refractivity contribution in [1.29, 1.82) is 0 Å². The van der Waals surface area contributed by atoms with E-state index < -0.39 is 35.4 Å². The third-order valence-electron chi connectivity index (χ3n) is 6.05. The summed E-state index contributed by atoms with van der Waals surface area (Å²) in [5.74, 6) is -3.67. The highest BCUT2D eigenvalue weighted by Gasteiger charge is 2.30. The lowest BCUT2D eigenvalue weighted by Crippen LogP contribution is -2.47. The molecule has 0 fully saturated rings. The minimum Gasteiger partial charge on any atom is -0.478 e. The summed E-state index contributed by atoms with van der Waals surface area (Å²) in [5.41, 5.74) is 3.48. The first kappa shape index (κ1) is 23.9. The van der Waals surface area contributed by atoms with Crippen molar-refractivity contribution in [2.75, 3.05) is 11.9 Å². The first-order chi connectivity index (χ1) is 16.8. The van der Waals surface area contributed by atoms with E-state index in [0.29, 0.717) is 0 Å². The zero-order chi connectivity index (χ0) is 25.1. The summed E-state index contributed by atoms with van der Waals surface area (Å²) < 4.78 is 20.0. The molecule has 3 aromatic rings. The van der Waals surface area contributed by atoms with Crippen LogP contribution in [0, 0.1) is 11.7 Å².